The Bertz CT molecular complexity index is 773. The highest BCUT2D eigenvalue weighted by atomic mass is 35.5. The molecule has 0 saturated carbocycles. The monoisotopic (exact) mass is 357 g/mol. The summed E-state index contributed by atoms with van der Waals surface area (Å²) in [5.74, 6) is 0.303. The van der Waals surface area contributed by atoms with Gasteiger partial charge in [-0.25, -0.2) is 0 Å². The SMILES string of the molecule is COc1ccccc1[C@H]1CNC(=O)[C@@H]1CC(=O)Cc1ccc(Cl)cc1. The van der Waals surface area contributed by atoms with E-state index in [2.05, 4.69) is 5.32 Å². The van der Waals surface area contributed by atoms with Crippen molar-refractivity contribution in [3.63, 3.8) is 0 Å². The normalized spacial score (nSPS) is 19.5. The summed E-state index contributed by atoms with van der Waals surface area (Å²) in [4.78, 5) is 24.8. The number of amides is 1. The van der Waals surface area contributed by atoms with E-state index in [1.165, 1.54) is 0 Å². The van der Waals surface area contributed by atoms with Crippen molar-refractivity contribution in [1.82, 2.24) is 5.32 Å². The van der Waals surface area contributed by atoms with Crippen molar-refractivity contribution in [2.75, 3.05) is 13.7 Å². The summed E-state index contributed by atoms with van der Waals surface area (Å²) in [5, 5.41) is 3.52. The van der Waals surface area contributed by atoms with Crippen molar-refractivity contribution in [3.05, 3.63) is 64.7 Å². The van der Waals surface area contributed by atoms with E-state index in [-0.39, 0.29) is 29.9 Å². The molecule has 1 aliphatic heterocycles. The first-order valence-corrected chi connectivity index (χ1v) is 8.63. The van der Waals surface area contributed by atoms with Gasteiger partial charge in [0.2, 0.25) is 5.91 Å². The third-order valence-electron chi connectivity index (χ3n) is 4.62. The van der Waals surface area contributed by atoms with Crippen LogP contribution in [-0.4, -0.2) is 25.3 Å². The Morgan fingerprint density at radius 3 is 2.64 bits per heavy atom. The Labute approximate surface area is 152 Å². The first-order valence-electron chi connectivity index (χ1n) is 8.25. The molecule has 1 N–H and O–H groups in total. The summed E-state index contributed by atoms with van der Waals surface area (Å²) in [6, 6.07) is 14.9. The molecule has 5 heteroatoms. The van der Waals surface area contributed by atoms with Crippen molar-refractivity contribution in [2.45, 2.75) is 18.8 Å². The van der Waals surface area contributed by atoms with Gasteiger partial charge in [-0.1, -0.05) is 41.9 Å². The third-order valence-corrected chi connectivity index (χ3v) is 4.87. The molecule has 2 atom stereocenters. The van der Waals surface area contributed by atoms with E-state index in [4.69, 9.17) is 16.3 Å². The van der Waals surface area contributed by atoms with Crippen LogP contribution in [0, 0.1) is 5.92 Å². The van der Waals surface area contributed by atoms with Crippen LogP contribution in [0.1, 0.15) is 23.5 Å². The minimum atomic E-state index is -0.365. The second-order valence-electron chi connectivity index (χ2n) is 6.25. The highest BCUT2D eigenvalue weighted by molar-refractivity contribution is 6.30. The molecule has 1 amide bonds. The van der Waals surface area contributed by atoms with Gasteiger partial charge >= 0.3 is 0 Å². The Hall–Kier alpha value is -2.33. The van der Waals surface area contributed by atoms with Crippen molar-refractivity contribution >= 4 is 23.3 Å². The molecule has 3 rings (SSSR count). The molecule has 0 radical (unpaired) electrons. The minimum Gasteiger partial charge on any atom is -0.496 e. The van der Waals surface area contributed by atoms with Crippen LogP contribution in [0.25, 0.3) is 0 Å². The van der Waals surface area contributed by atoms with E-state index < -0.39 is 0 Å². The molecule has 4 nitrogen and oxygen atoms in total. The molecule has 0 aromatic heterocycles. The lowest BCUT2D eigenvalue weighted by molar-refractivity contribution is -0.127. The van der Waals surface area contributed by atoms with Crippen LogP contribution in [0.15, 0.2) is 48.5 Å². The lowest BCUT2D eigenvalue weighted by Gasteiger charge is -2.19. The molecule has 25 heavy (non-hydrogen) atoms. The summed E-state index contributed by atoms with van der Waals surface area (Å²) in [6.07, 6.45) is 0.525. The Morgan fingerprint density at radius 2 is 1.92 bits per heavy atom. The number of nitrogens with one attached hydrogen (secondary N) is 1. The van der Waals surface area contributed by atoms with Gasteiger partial charge in [-0.2, -0.15) is 0 Å². The molecule has 0 aliphatic carbocycles. The fraction of sp³-hybridized carbons (Fsp3) is 0.300. The number of para-hydroxylation sites is 1. The maximum atomic E-state index is 12.5. The van der Waals surface area contributed by atoms with Gasteiger partial charge in [0, 0.05) is 30.3 Å². The van der Waals surface area contributed by atoms with Crippen molar-refractivity contribution in [3.8, 4) is 5.75 Å². The van der Waals surface area contributed by atoms with Crippen molar-refractivity contribution in [2.24, 2.45) is 5.92 Å². The number of hydrogen-bond donors (Lipinski definition) is 1. The lowest BCUT2D eigenvalue weighted by Crippen LogP contribution is -2.23. The quantitative estimate of drug-likeness (QED) is 0.862. The average molecular weight is 358 g/mol. The van der Waals surface area contributed by atoms with Gasteiger partial charge in [0.15, 0.2) is 0 Å². The van der Waals surface area contributed by atoms with Gasteiger partial charge < -0.3 is 10.1 Å². The standard InChI is InChI=1S/C20H20ClNO3/c1-25-19-5-3-2-4-16(19)18-12-22-20(24)17(18)11-15(23)10-13-6-8-14(21)9-7-13/h2-9,17-18H,10-12H2,1H3,(H,22,24)/t17-,18-/m1/s1. The van der Waals surface area contributed by atoms with Crippen molar-refractivity contribution < 1.29 is 14.3 Å². The highest BCUT2D eigenvalue weighted by Crippen LogP contribution is 2.36. The third kappa shape index (κ3) is 4.02. The van der Waals surface area contributed by atoms with Gasteiger partial charge in [0.25, 0.3) is 0 Å². The van der Waals surface area contributed by atoms with E-state index in [0.29, 0.717) is 18.0 Å². The molecular formula is C20H20ClNO3. The number of methoxy groups -OCH3 is 1. The molecule has 130 valence electrons. The molecule has 1 fully saturated rings. The highest BCUT2D eigenvalue weighted by Gasteiger charge is 2.38. The Morgan fingerprint density at radius 1 is 1.20 bits per heavy atom. The predicted octanol–water partition coefficient (Wildman–Crippen LogP) is 3.38. The van der Waals surface area contributed by atoms with Gasteiger partial charge in [0.1, 0.15) is 11.5 Å². The number of halogens is 1. The number of ketones is 1. The van der Waals surface area contributed by atoms with E-state index in [1.807, 2.05) is 36.4 Å². The summed E-state index contributed by atoms with van der Waals surface area (Å²) >= 11 is 5.87. The zero-order valence-electron chi connectivity index (χ0n) is 14.0. The van der Waals surface area contributed by atoms with Crippen LogP contribution in [0.3, 0.4) is 0 Å². The van der Waals surface area contributed by atoms with Crippen LogP contribution in [0.5, 0.6) is 5.75 Å². The number of carbonyl (C=O) groups excluding carboxylic acids is 2. The Balaban J connectivity index is 1.73. The zero-order chi connectivity index (χ0) is 17.8. The van der Waals surface area contributed by atoms with Gasteiger partial charge in [-0.05, 0) is 29.3 Å². The topological polar surface area (TPSA) is 55.4 Å². The van der Waals surface area contributed by atoms with E-state index in [9.17, 15) is 9.59 Å². The Kier molecular flexibility index (Phi) is 5.39. The summed E-state index contributed by atoms with van der Waals surface area (Å²) < 4.78 is 5.42. The summed E-state index contributed by atoms with van der Waals surface area (Å²) in [6.45, 7) is 0.526. The van der Waals surface area contributed by atoms with Crippen LogP contribution in [0.4, 0.5) is 0 Å². The van der Waals surface area contributed by atoms with Crippen LogP contribution in [0.2, 0.25) is 5.02 Å². The largest absolute Gasteiger partial charge is 0.496 e. The van der Waals surface area contributed by atoms with E-state index in [0.717, 1.165) is 16.9 Å². The average Bonchev–Trinajstić information content (AvgIpc) is 2.97. The zero-order valence-corrected chi connectivity index (χ0v) is 14.8. The molecular weight excluding hydrogens is 338 g/mol. The smallest absolute Gasteiger partial charge is 0.224 e. The molecule has 0 bridgehead atoms. The second kappa shape index (κ2) is 7.70. The van der Waals surface area contributed by atoms with Gasteiger partial charge in [-0.15, -0.1) is 0 Å². The van der Waals surface area contributed by atoms with Crippen LogP contribution >= 0.6 is 11.6 Å². The number of benzene rings is 2. The summed E-state index contributed by atoms with van der Waals surface area (Å²) in [5.41, 5.74) is 1.87. The van der Waals surface area contributed by atoms with Crippen LogP contribution in [-0.2, 0) is 16.0 Å². The number of rotatable bonds is 6. The second-order valence-corrected chi connectivity index (χ2v) is 6.68. The molecule has 2 aromatic carbocycles. The molecule has 0 unspecified atom stereocenters. The predicted molar refractivity (Wildman–Crippen MR) is 97.0 cm³/mol. The molecule has 1 heterocycles. The number of ether oxygens (including phenoxy) is 1. The van der Waals surface area contributed by atoms with Gasteiger partial charge in [0.05, 0.1) is 13.0 Å². The lowest BCUT2D eigenvalue weighted by atomic mass is 9.84. The molecule has 0 spiro atoms. The maximum absolute atomic E-state index is 12.5. The van der Waals surface area contributed by atoms with Crippen LogP contribution < -0.4 is 10.1 Å². The van der Waals surface area contributed by atoms with E-state index in [1.54, 1.807) is 19.2 Å². The fourth-order valence-electron chi connectivity index (χ4n) is 3.35. The fourth-order valence-corrected chi connectivity index (χ4v) is 3.47. The molecule has 1 saturated heterocycles. The first kappa shape index (κ1) is 17.5. The number of Topliss-reactive ketones (excluding diaryl/α,β-unsaturated/α-hetero) is 1. The van der Waals surface area contributed by atoms with E-state index >= 15 is 0 Å². The number of carbonyl (C=O) groups is 2. The number of hydrogen-bond acceptors (Lipinski definition) is 3. The first-order chi connectivity index (χ1) is 12.1. The summed E-state index contributed by atoms with van der Waals surface area (Å²) in [7, 11) is 1.61. The maximum Gasteiger partial charge on any atom is 0.224 e. The molecule has 2 aromatic rings. The molecule has 1 aliphatic rings. The van der Waals surface area contributed by atoms with Crippen molar-refractivity contribution in [1.29, 1.82) is 0 Å². The minimum absolute atomic E-state index is 0.0456. The van der Waals surface area contributed by atoms with Gasteiger partial charge in [-0.3, -0.25) is 9.59 Å².